The van der Waals surface area contributed by atoms with Crippen molar-refractivity contribution >= 4 is 5.97 Å². The molecule has 0 aromatic rings. The average molecular weight is 294 g/mol. The number of carboxylic acid groups (broad SMARTS) is 1. The van der Waals surface area contributed by atoms with Gasteiger partial charge in [-0.1, -0.05) is 19.8 Å². The number of hydrogen-bond acceptors (Lipinski definition) is 3. The fraction of sp³-hybridized carbons (Fsp3) is 0.941. The molecular formula is C17H30N2O2. The smallest absolute Gasteiger partial charge is 0.325 e. The Labute approximate surface area is 128 Å². The molecule has 1 heterocycles. The van der Waals surface area contributed by atoms with Gasteiger partial charge in [-0.15, -0.1) is 0 Å². The number of rotatable bonds is 7. The van der Waals surface area contributed by atoms with E-state index in [4.69, 9.17) is 0 Å². The summed E-state index contributed by atoms with van der Waals surface area (Å²) in [6, 6.07) is 0.652. The number of fused-ring (bicyclic) bond motifs is 1. The molecule has 3 aliphatic rings. The van der Waals surface area contributed by atoms with Crippen molar-refractivity contribution in [2.75, 3.05) is 19.6 Å². The van der Waals surface area contributed by atoms with Gasteiger partial charge >= 0.3 is 5.97 Å². The zero-order valence-corrected chi connectivity index (χ0v) is 13.3. The summed E-state index contributed by atoms with van der Waals surface area (Å²) in [6.45, 7) is 4.74. The second-order valence-corrected chi connectivity index (χ2v) is 7.35. The molecule has 1 aliphatic heterocycles. The molecule has 2 saturated carbocycles. The number of nitrogens with one attached hydrogen (secondary N) is 1. The molecule has 3 unspecified atom stereocenters. The van der Waals surface area contributed by atoms with Crippen LogP contribution in [0.4, 0.5) is 0 Å². The molecule has 3 fully saturated rings. The van der Waals surface area contributed by atoms with Crippen LogP contribution in [-0.2, 0) is 4.79 Å². The molecule has 0 spiro atoms. The topological polar surface area (TPSA) is 52.6 Å². The summed E-state index contributed by atoms with van der Waals surface area (Å²) in [5.74, 6) is 0.539. The van der Waals surface area contributed by atoms with E-state index in [1.54, 1.807) is 0 Å². The van der Waals surface area contributed by atoms with Crippen molar-refractivity contribution < 1.29 is 9.90 Å². The van der Waals surface area contributed by atoms with Gasteiger partial charge in [0.25, 0.3) is 0 Å². The van der Waals surface area contributed by atoms with Crippen molar-refractivity contribution in [3.63, 3.8) is 0 Å². The Kier molecular flexibility index (Phi) is 4.55. The van der Waals surface area contributed by atoms with Gasteiger partial charge in [0, 0.05) is 12.6 Å². The average Bonchev–Trinajstić information content (AvgIpc) is 3.26. The van der Waals surface area contributed by atoms with Crippen LogP contribution in [0, 0.1) is 11.8 Å². The first-order chi connectivity index (χ1) is 10.2. The SMILES string of the molecule is CCCNC(CN1CCC2CCCCC21)(C(=O)O)C1CC1. The summed E-state index contributed by atoms with van der Waals surface area (Å²) in [4.78, 5) is 14.6. The minimum Gasteiger partial charge on any atom is -0.480 e. The third kappa shape index (κ3) is 2.98. The van der Waals surface area contributed by atoms with Crippen molar-refractivity contribution in [3.8, 4) is 0 Å². The maximum atomic E-state index is 12.1. The normalized spacial score (nSPS) is 32.6. The molecule has 0 bridgehead atoms. The molecule has 3 atom stereocenters. The number of hydrogen-bond donors (Lipinski definition) is 2. The Morgan fingerprint density at radius 1 is 1.24 bits per heavy atom. The number of aliphatic carboxylic acids is 1. The molecular weight excluding hydrogens is 264 g/mol. The fourth-order valence-corrected chi connectivity index (χ4v) is 4.59. The van der Waals surface area contributed by atoms with Gasteiger partial charge in [-0.3, -0.25) is 9.69 Å². The van der Waals surface area contributed by atoms with Gasteiger partial charge < -0.3 is 10.4 Å². The van der Waals surface area contributed by atoms with E-state index in [1.807, 2.05) is 0 Å². The van der Waals surface area contributed by atoms with Gasteiger partial charge in [-0.2, -0.15) is 0 Å². The van der Waals surface area contributed by atoms with Crippen LogP contribution in [0.1, 0.15) is 58.3 Å². The number of carboxylic acids is 1. The second kappa shape index (κ2) is 6.25. The summed E-state index contributed by atoms with van der Waals surface area (Å²) >= 11 is 0. The molecule has 120 valence electrons. The van der Waals surface area contributed by atoms with Crippen molar-refractivity contribution in [3.05, 3.63) is 0 Å². The molecule has 0 aromatic heterocycles. The van der Waals surface area contributed by atoms with Crippen LogP contribution in [0.15, 0.2) is 0 Å². The fourth-order valence-electron chi connectivity index (χ4n) is 4.59. The van der Waals surface area contributed by atoms with Crippen molar-refractivity contribution in [2.45, 2.75) is 69.9 Å². The lowest BCUT2D eigenvalue weighted by Gasteiger charge is -2.39. The third-order valence-corrected chi connectivity index (χ3v) is 5.92. The van der Waals surface area contributed by atoms with Crippen molar-refractivity contribution in [2.24, 2.45) is 11.8 Å². The quantitative estimate of drug-likeness (QED) is 0.757. The first kappa shape index (κ1) is 15.3. The van der Waals surface area contributed by atoms with Gasteiger partial charge in [0.2, 0.25) is 0 Å². The first-order valence-electron chi connectivity index (χ1n) is 8.90. The zero-order valence-electron chi connectivity index (χ0n) is 13.3. The molecule has 3 rings (SSSR count). The van der Waals surface area contributed by atoms with Crippen LogP contribution >= 0.6 is 0 Å². The summed E-state index contributed by atoms with van der Waals surface area (Å²) in [6.07, 6.45) is 9.74. The van der Waals surface area contributed by atoms with E-state index in [0.29, 0.717) is 18.5 Å². The van der Waals surface area contributed by atoms with Crippen LogP contribution in [0.2, 0.25) is 0 Å². The highest BCUT2D eigenvalue weighted by atomic mass is 16.4. The Morgan fingerprint density at radius 2 is 2.00 bits per heavy atom. The van der Waals surface area contributed by atoms with E-state index >= 15 is 0 Å². The molecule has 4 heteroatoms. The number of carbonyl (C=O) groups is 1. The molecule has 1 saturated heterocycles. The largest absolute Gasteiger partial charge is 0.480 e. The monoisotopic (exact) mass is 294 g/mol. The highest BCUT2D eigenvalue weighted by Crippen LogP contribution is 2.43. The van der Waals surface area contributed by atoms with Gasteiger partial charge in [-0.25, -0.2) is 0 Å². The van der Waals surface area contributed by atoms with Gasteiger partial charge in [0.05, 0.1) is 0 Å². The highest BCUT2D eigenvalue weighted by molar-refractivity contribution is 5.80. The molecule has 2 N–H and O–H groups in total. The Bertz CT molecular complexity index is 383. The maximum Gasteiger partial charge on any atom is 0.325 e. The summed E-state index contributed by atoms with van der Waals surface area (Å²) in [5, 5.41) is 13.4. The lowest BCUT2D eigenvalue weighted by molar-refractivity contribution is -0.147. The van der Waals surface area contributed by atoms with Crippen LogP contribution in [0.25, 0.3) is 0 Å². The maximum absolute atomic E-state index is 12.1. The van der Waals surface area contributed by atoms with E-state index in [9.17, 15) is 9.90 Å². The standard InChI is InChI=1S/C17H30N2O2/c1-2-10-18-17(16(20)21,14-7-8-14)12-19-11-9-13-5-3-4-6-15(13)19/h13-15,18H,2-12H2,1H3,(H,20,21). The van der Waals surface area contributed by atoms with Crippen molar-refractivity contribution in [1.82, 2.24) is 10.2 Å². The minimum atomic E-state index is -0.692. The van der Waals surface area contributed by atoms with E-state index in [-0.39, 0.29) is 0 Å². The first-order valence-corrected chi connectivity index (χ1v) is 8.90. The van der Waals surface area contributed by atoms with Crippen LogP contribution < -0.4 is 5.32 Å². The van der Waals surface area contributed by atoms with E-state index in [1.165, 1.54) is 32.1 Å². The molecule has 2 aliphatic carbocycles. The molecule has 0 radical (unpaired) electrons. The van der Waals surface area contributed by atoms with E-state index in [0.717, 1.165) is 38.3 Å². The predicted octanol–water partition coefficient (Wildman–Crippen LogP) is 2.48. The molecule has 0 aromatic carbocycles. The van der Waals surface area contributed by atoms with Crippen LogP contribution in [-0.4, -0.2) is 47.2 Å². The highest BCUT2D eigenvalue weighted by Gasteiger charge is 2.53. The molecule has 0 amide bonds. The Hall–Kier alpha value is -0.610. The Morgan fingerprint density at radius 3 is 2.67 bits per heavy atom. The molecule has 4 nitrogen and oxygen atoms in total. The van der Waals surface area contributed by atoms with Crippen LogP contribution in [0.3, 0.4) is 0 Å². The lowest BCUT2D eigenvalue weighted by atomic mass is 9.84. The van der Waals surface area contributed by atoms with Gasteiger partial charge in [0.1, 0.15) is 5.54 Å². The van der Waals surface area contributed by atoms with Crippen molar-refractivity contribution in [1.29, 1.82) is 0 Å². The zero-order chi connectivity index (χ0) is 14.9. The lowest BCUT2D eigenvalue weighted by Crippen LogP contribution is -2.61. The summed E-state index contributed by atoms with van der Waals surface area (Å²) < 4.78 is 0. The van der Waals surface area contributed by atoms with E-state index in [2.05, 4.69) is 17.1 Å². The third-order valence-electron chi connectivity index (χ3n) is 5.92. The summed E-state index contributed by atoms with van der Waals surface area (Å²) in [5.41, 5.74) is -0.692. The number of nitrogens with zero attached hydrogens (tertiary/aromatic N) is 1. The van der Waals surface area contributed by atoms with Crippen LogP contribution in [0.5, 0.6) is 0 Å². The molecule has 21 heavy (non-hydrogen) atoms. The number of likely N-dealkylation sites (tertiary alicyclic amines) is 1. The summed E-state index contributed by atoms with van der Waals surface area (Å²) in [7, 11) is 0. The Balaban J connectivity index is 1.73. The predicted molar refractivity (Wildman–Crippen MR) is 83.3 cm³/mol. The minimum absolute atomic E-state index is 0.337. The van der Waals surface area contributed by atoms with Gasteiger partial charge in [0.15, 0.2) is 0 Å². The second-order valence-electron chi connectivity index (χ2n) is 7.35. The van der Waals surface area contributed by atoms with Gasteiger partial charge in [-0.05, 0) is 63.5 Å². The van der Waals surface area contributed by atoms with E-state index < -0.39 is 11.5 Å².